The number of nitrogens with zero attached hydrogens (tertiary/aromatic N) is 3. The molecule has 2 saturated carbocycles. The Hall–Kier alpha value is -2.97. The molecule has 2 amide bonds. The fourth-order valence-corrected chi connectivity index (χ4v) is 4.28. The molecule has 0 spiro atoms. The summed E-state index contributed by atoms with van der Waals surface area (Å²) in [6.07, 6.45) is 7.00. The lowest BCUT2D eigenvalue weighted by Gasteiger charge is -2.29. The van der Waals surface area contributed by atoms with Gasteiger partial charge >= 0.3 is 6.09 Å². The average molecular weight is 441 g/mol. The van der Waals surface area contributed by atoms with Crippen molar-refractivity contribution in [1.82, 2.24) is 25.5 Å². The second-order valence-corrected chi connectivity index (χ2v) is 9.97. The Kier molecular flexibility index (Phi) is 5.92. The number of rotatable bonds is 7. The van der Waals surface area contributed by atoms with Crippen molar-refractivity contribution in [3.8, 4) is 11.4 Å². The van der Waals surface area contributed by atoms with Crippen molar-refractivity contribution in [2.75, 3.05) is 5.32 Å². The number of carbonyl (C=O) groups is 2. The molecular weight excluding hydrogens is 408 g/mol. The summed E-state index contributed by atoms with van der Waals surface area (Å²) in [5, 5.41) is 12.9. The fraction of sp³-hybridized carbons (Fsp3) is 0.609. The Morgan fingerprint density at radius 1 is 1.09 bits per heavy atom. The maximum atomic E-state index is 13.3. The minimum absolute atomic E-state index is 0.124. The fourth-order valence-electron chi connectivity index (χ4n) is 4.28. The highest BCUT2D eigenvalue weighted by molar-refractivity contribution is 5.96. The lowest BCUT2D eigenvalue weighted by Crippen LogP contribution is -2.51. The number of aromatic nitrogens is 4. The van der Waals surface area contributed by atoms with E-state index in [4.69, 9.17) is 4.74 Å². The van der Waals surface area contributed by atoms with Crippen LogP contribution in [0.1, 0.15) is 57.8 Å². The molecule has 2 heterocycles. The van der Waals surface area contributed by atoms with Crippen molar-refractivity contribution < 1.29 is 14.3 Å². The number of anilines is 1. The Morgan fingerprint density at radius 2 is 1.69 bits per heavy atom. The number of H-pyrrole nitrogens is 1. The van der Waals surface area contributed by atoms with Gasteiger partial charge in [-0.25, -0.2) is 14.8 Å². The molecule has 9 nitrogen and oxygen atoms in total. The molecule has 2 aliphatic rings. The number of hydrogen-bond donors (Lipinski definition) is 3. The molecule has 0 aromatic carbocycles. The third-order valence-electron chi connectivity index (χ3n) is 5.94. The van der Waals surface area contributed by atoms with Crippen molar-refractivity contribution in [1.29, 1.82) is 0 Å². The maximum Gasteiger partial charge on any atom is 0.408 e. The van der Waals surface area contributed by atoms with Gasteiger partial charge in [-0.05, 0) is 78.1 Å². The van der Waals surface area contributed by atoms with Crippen LogP contribution in [0.2, 0.25) is 0 Å². The summed E-state index contributed by atoms with van der Waals surface area (Å²) >= 11 is 0. The topological polar surface area (TPSA) is 122 Å². The predicted octanol–water partition coefficient (Wildman–Crippen LogP) is 3.75. The Labute approximate surface area is 188 Å². The summed E-state index contributed by atoms with van der Waals surface area (Å²) in [5.74, 6) is 1.35. The van der Waals surface area contributed by atoms with Gasteiger partial charge in [-0.1, -0.05) is 0 Å². The van der Waals surface area contributed by atoms with Gasteiger partial charge in [-0.3, -0.25) is 9.89 Å². The van der Waals surface area contributed by atoms with E-state index in [1.807, 2.05) is 34.6 Å². The lowest BCUT2D eigenvalue weighted by atomic mass is 9.88. The standard InChI is InChI=1S/C23H32N6O3/c1-12-17(13(2)29-28-12)20-24-10-16(11-25-20)26-21(30)19(27-22(31)32-23(3,4)5)18(14-6-7-14)15-8-9-15/h10-11,14-15,18-19H,6-9H2,1-5H3,(H,26,30)(H,27,31)(H,28,29). The van der Waals surface area contributed by atoms with E-state index in [2.05, 4.69) is 30.8 Å². The maximum absolute atomic E-state index is 13.3. The summed E-state index contributed by atoms with van der Waals surface area (Å²) in [6.45, 7) is 9.23. The third kappa shape index (κ3) is 5.26. The van der Waals surface area contributed by atoms with Crippen LogP contribution in [0.5, 0.6) is 0 Å². The Morgan fingerprint density at radius 3 is 2.16 bits per heavy atom. The zero-order chi connectivity index (χ0) is 23.0. The minimum atomic E-state index is -0.650. The first-order valence-corrected chi connectivity index (χ1v) is 11.3. The SMILES string of the molecule is Cc1n[nH]c(C)c1-c1ncc(NC(=O)C(NC(=O)OC(C)(C)C)C(C2CC2)C2CC2)cn1. The molecule has 3 N–H and O–H groups in total. The molecular formula is C23H32N6O3. The van der Waals surface area contributed by atoms with E-state index in [1.54, 1.807) is 12.4 Å². The van der Waals surface area contributed by atoms with Crippen molar-refractivity contribution in [3.63, 3.8) is 0 Å². The lowest BCUT2D eigenvalue weighted by molar-refractivity contribution is -0.120. The van der Waals surface area contributed by atoms with Crippen LogP contribution in [0.4, 0.5) is 10.5 Å². The van der Waals surface area contributed by atoms with E-state index in [0.29, 0.717) is 23.3 Å². The third-order valence-corrected chi connectivity index (χ3v) is 5.94. The molecule has 0 bridgehead atoms. The molecule has 2 aromatic rings. The highest BCUT2D eigenvalue weighted by Crippen LogP contribution is 2.50. The predicted molar refractivity (Wildman–Crippen MR) is 120 cm³/mol. The molecule has 0 aliphatic heterocycles. The minimum Gasteiger partial charge on any atom is -0.444 e. The van der Waals surface area contributed by atoms with Crippen molar-refractivity contribution in [3.05, 3.63) is 23.8 Å². The number of hydrogen-bond acceptors (Lipinski definition) is 6. The smallest absolute Gasteiger partial charge is 0.408 e. The molecule has 172 valence electrons. The normalized spacial score (nSPS) is 17.2. The van der Waals surface area contributed by atoms with E-state index in [0.717, 1.165) is 42.6 Å². The van der Waals surface area contributed by atoms with E-state index in [9.17, 15) is 9.59 Å². The van der Waals surface area contributed by atoms with Crippen LogP contribution in [0.15, 0.2) is 12.4 Å². The first-order valence-electron chi connectivity index (χ1n) is 11.3. The van der Waals surface area contributed by atoms with Gasteiger partial charge in [0.05, 0.1) is 29.3 Å². The van der Waals surface area contributed by atoms with Crippen LogP contribution in [0.25, 0.3) is 11.4 Å². The molecule has 0 saturated heterocycles. The van der Waals surface area contributed by atoms with Crippen LogP contribution in [-0.2, 0) is 9.53 Å². The number of alkyl carbamates (subject to hydrolysis) is 1. The quantitative estimate of drug-likeness (QED) is 0.603. The number of amides is 2. The van der Waals surface area contributed by atoms with Gasteiger partial charge < -0.3 is 15.4 Å². The monoisotopic (exact) mass is 440 g/mol. The largest absolute Gasteiger partial charge is 0.444 e. The Balaban J connectivity index is 1.50. The van der Waals surface area contributed by atoms with Crippen molar-refractivity contribution in [2.24, 2.45) is 17.8 Å². The van der Waals surface area contributed by atoms with Crippen molar-refractivity contribution >= 4 is 17.7 Å². The van der Waals surface area contributed by atoms with Gasteiger partial charge in [0.1, 0.15) is 11.6 Å². The average Bonchev–Trinajstić information content (AvgIpc) is 3.62. The second-order valence-electron chi connectivity index (χ2n) is 9.97. The number of carbonyl (C=O) groups excluding carboxylic acids is 2. The van der Waals surface area contributed by atoms with E-state index in [-0.39, 0.29) is 11.8 Å². The first kappa shape index (κ1) is 22.2. The van der Waals surface area contributed by atoms with E-state index >= 15 is 0 Å². The summed E-state index contributed by atoms with van der Waals surface area (Å²) in [4.78, 5) is 34.6. The highest BCUT2D eigenvalue weighted by Gasteiger charge is 2.48. The number of ether oxygens (including phenoxy) is 1. The molecule has 2 fully saturated rings. The molecule has 1 atom stereocenters. The van der Waals surface area contributed by atoms with Gasteiger partial charge in [0.15, 0.2) is 5.82 Å². The molecule has 32 heavy (non-hydrogen) atoms. The van der Waals surface area contributed by atoms with Crippen LogP contribution >= 0.6 is 0 Å². The van der Waals surface area contributed by atoms with E-state index in [1.165, 1.54) is 0 Å². The number of nitrogens with one attached hydrogen (secondary N) is 3. The van der Waals surface area contributed by atoms with Gasteiger partial charge in [0.2, 0.25) is 5.91 Å². The van der Waals surface area contributed by atoms with Gasteiger partial charge in [-0.15, -0.1) is 0 Å². The van der Waals surface area contributed by atoms with Crippen LogP contribution < -0.4 is 10.6 Å². The van der Waals surface area contributed by atoms with Crippen LogP contribution in [-0.4, -0.2) is 43.8 Å². The number of aryl methyl sites for hydroxylation is 2. The zero-order valence-corrected chi connectivity index (χ0v) is 19.4. The highest BCUT2D eigenvalue weighted by atomic mass is 16.6. The second kappa shape index (κ2) is 8.52. The molecule has 4 rings (SSSR count). The molecule has 2 aromatic heterocycles. The first-order chi connectivity index (χ1) is 15.1. The summed E-state index contributed by atoms with van der Waals surface area (Å²) in [5.41, 5.74) is 2.41. The summed E-state index contributed by atoms with van der Waals surface area (Å²) < 4.78 is 5.43. The summed E-state index contributed by atoms with van der Waals surface area (Å²) in [7, 11) is 0. The number of aromatic amines is 1. The van der Waals surface area contributed by atoms with Crippen LogP contribution in [0.3, 0.4) is 0 Å². The molecule has 1 unspecified atom stereocenters. The Bertz CT molecular complexity index is 955. The van der Waals surface area contributed by atoms with Gasteiger partial charge in [0.25, 0.3) is 0 Å². The van der Waals surface area contributed by atoms with Crippen molar-refractivity contribution in [2.45, 2.75) is 71.9 Å². The zero-order valence-electron chi connectivity index (χ0n) is 19.4. The van der Waals surface area contributed by atoms with Gasteiger partial charge in [-0.2, -0.15) is 5.10 Å². The van der Waals surface area contributed by atoms with Gasteiger partial charge in [0, 0.05) is 5.69 Å². The molecule has 0 radical (unpaired) electrons. The molecule has 9 heteroatoms. The van der Waals surface area contributed by atoms with Crippen LogP contribution in [0, 0.1) is 31.6 Å². The van der Waals surface area contributed by atoms with E-state index < -0.39 is 17.7 Å². The summed E-state index contributed by atoms with van der Waals surface area (Å²) in [6, 6.07) is -0.650. The molecule has 2 aliphatic carbocycles.